The van der Waals surface area contributed by atoms with E-state index in [1.807, 2.05) is 47.4 Å². The van der Waals surface area contributed by atoms with E-state index in [4.69, 9.17) is 23.2 Å². The number of pyridine rings is 1. The van der Waals surface area contributed by atoms with Gasteiger partial charge in [0.15, 0.2) is 0 Å². The SMILES string of the molecule is O=C1c2c(cccc2NCc2ccncc2)CN1CCc1ccc(Cl)cc1Cl. The molecule has 0 saturated carbocycles. The third-order valence-corrected chi connectivity index (χ3v) is 5.50. The number of benzene rings is 2. The van der Waals surface area contributed by atoms with Crippen LogP contribution in [0.15, 0.2) is 60.9 Å². The second kappa shape index (κ2) is 8.21. The van der Waals surface area contributed by atoms with Gasteiger partial charge in [-0.05, 0) is 53.4 Å². The normalized spacial score (nSPS) is 12.9. The van der Waals surface area contributed by atoms with Crippen molar-refractivity contribution in [3.63, 3.8) is 0 Å². The minimum absolute atomic E-state index is 0.0536. The molecule has 6 heteroatoms. The van der Waals surface area contributed by atoms with Crippen LogP contribution in [0.5, 0.6) is 0 Å². The number of carbonyl (C=O) groups excluding carboxylic acids is 1. The van der Waals surface area contributed by atoms with Crippen molar-refractivity contribution in [2.75, 3.05) is 11.9 Å². The van der Waals surface area contributed by atoms with E-state index in [1.165, 1.54) is 0 Å². The molecular weight excluding hydrogens is 393 g/mol. The quantitative estimate of drug-likeness (QED) is 0.606. The molecule has 28 heavy (non-hydrogen) atoms. The van der Waals surface area contributed by atoms with Crippen LogP contribution >= 0.6 is 23.2 Å². The predicted molar refractivity (Wildman–Crippen MR) is 113 cm³/mol. The van der Waals surface area contributed by atoms with Gasteiger partial charge in [0.05, 0.1) is 5.56 Å². The number of hydrogen-bond acceptors (Lipinski definition) is 3. The lowest BCUT2D eigenvalue weighted by Gasteiger charge is -2.16. The average Bonchev–Trinajstić information content (AvgIpc) is 3.03. The maximum absolute atomic E-state index is 13.0. The molecule has 142 valence electrons. The first-order chi connectivity index (χ1) is 13.6. The van der Waals surface area contributed by atoms with Crippen molar-refractivity contribution >= 4 is 34.8 Å². The Labute approximate surface area is 174 Å². The molecule has 2 aromatic carbocycles. The van der Waals surface area contributed by atoms with Crippen LogP contribution in [-0.4, -0.2) is 22.3 Å². The number of nitrogens with one attached hydrogen (secondary N) is 1. The van der Waals surface area contributed by atoms with Gasteiger partial charge >= 0.3 is 0 Å². The van der Waals surface area contributed by atoms with Crippen molar-refractivity contribution in [2.45, 2.75) is 19.5 Å². The van der Waals surface area contributed by atoms with Crippen molar-refractivity contribution in [1.82, 2.24) is 9.88 Å². The first kappa shape index (κ1) is 18.8. The Kier molecular flexibility index (Phi) is 5.51. The van der Waals surface area contributed by atoms with Crippen LogP contribution in [0.3, 0.4) is 0 Å². The summed E-state index contributed by atoms with van der Waals surface area (Å²) in [4.78, 5) is 18.9. The number of nitrogens with zero attached hydrogens (tertiary/aromatic N) is 2. The molecule has 0 bridgehead atoms. The maximum Gasteiger partial charge on any atom is 0.256 e. The number of rotatable bonds is 6. The summed E-state index contributed by atoms with van der Waals surface area (Å²) < 4.78 is 0. The fraction of sp³-hybridized carbons (Fsp3) is 0.182. The summed E-state index contributed by atoms with van der Waals surface area (Å²) in [6.07, 6.45) is 4.22. The highest BCUT2D eigenvalue weighted by molar-refractivity contribution is 6.35. The fourth-order valence-corrected chi connectivity index (χ4v) is 3.93. The van der Waals surface area contributed by atoms with Crippen LogP contribution in [0.4, 0.5) is 5.69 Å². The van der Waals surface area contributed by atoms with Crippen molar-refractivity contribution in [2.24, 2.45) is 0 Å². The van der Waals surface area contributed by atoms with Gasteiger partial charge in [-0.25, -0.2) is 0 Å². The van der Waals surface area contributed by atoms with Crippen LogP contribution in [-0.2, 0) is 19.5 Å². The lowest BCUT2D eigenvalue weighted by atomic mass is 10.1. The number of anilines is 1. The monoisotopic (exact) mass is 411 g/mol. The van der Waals surface area contributed by atoms with Gasteiger partial charge in [0.2, 0.25) is 0 Å². The minimum atomic E-state index is 0.0536. The topological polar surface area (TPSA) is 45.2 Å². The molecule has 0 saturated heterocycles. The Balaban J connectivity index is 1.46. The molecule has 0 aliphatic carbocycles. The molecule has 0 spiro atoms. The van der Waals surface area contributed by atoms with Crippen molar-refractivity contribution in [1.29, 1.82) is 0 Å². The van der Waals surface area contributed by atoms with E-state index in [1.54, 1.807) is 18.5 Å². The van der Waals surface area contributed by atoms with Gasteiger partial charge in [-0.3, -0.25) is 9.78 Å². The van der Waals surface area contributed by atoms with Crippen molar-refractivity contribution in [3.8, 4) is 0 Å². The molecule has 0 radical (unpaired) electrons. The lowest BCUT2D eigenvalue weighted by Crippen LogP contribution is -2.26. The first-order valence-corrected chi connectivity index (χ1v) is 9.85. The van der Waals surface area contributed by atoms with Crippen LogP contribution in [0.1, 0.15) is 27.0 Å². The van der Waals surface area contributed by atoms with Crippen molar-refractivity contribution < 1.29 is 4.79 Å². The molecule has 1 aliphatic heterocycles. The number of halogens is 2. The molecule has 1 aliphatic rings. The van der Waals surface area contributed by atoms with Crippen LogP contribution in [0.2, 0.25) is 10.0 Å². The molecule has 3 aromatic rings. The fourth-order valence-electron chi connectivity index (χ4n) is 3.43. The zero-order valence-electron chi connectivity index (χ0n) is 15.2. The molecule has 4 nitrogen and oxygen atoms in total. The van der Waals surface area contributed by atoms with Gasteiger partial charge < -0.3 is 10.2 Å². The Morgan fingerprint density at radius 2 is 1.89 bits per heavy atom. The van der Waals surface area contributed by atoms with Gasteiger partial charge in [-0.15, -0.1) is 0 Å². The maximum atomic E-state index is 13.0. The molecule has 4 rings (SSSR count). The summed E-state index contributed by atoms with van der Waals surface area (Å²) in [7, 11) is 0. The Bertz CT molecular complexity index is 1010. The van der Waals surface area contributed by atoms with Crippen LogP contribution < -0.4 is 5.32 Å². The highest BCUT2D eigenvalue weighted by atomic mass is 35.5. The number of amides is 1. The van der Waals surface area contributed by atoms with Gasteiger partial charge in [-0.2, -0.15) is 0 Å². The second-order valence-electron chi connectivity index (χ2n) is 6.76. The number of hydrogen-bond donors (Lipinski definition) is 1. The molecule has 0 atom stereocenters. The summed E-state index contributed by atoms with van der Waals surface area (Å²) in [6, 6.07) is 15.4. The molecule has 1 N–H and O–H groups in total. The smallest absolute Gasteiger partial charge is 0.256 e. The van der Waals surface area contributed by atoms with Crippen LogP contribution in [0.25, 0.3) is 0 Å². The molecular formula is C22H19Cl2N3O. The number of fused-ring (bicyclic) bond motifs is 1. The van der Waals surface area contributed by atoms with Gasteiger partial charge in [0.25, 0.3) is 5.91 Å². The van der Waals surface area contributed by atoms with Crippen molar-refractivity contribution in [3.05, 3.63) is 93.2 Å². The van der Waals surface area contributed by atoms with E-state index in [0.29, 0.717) is 36.1 Å². The second-order valence-corrected chi connectivity index (χ2v) is 7.60. The number of carbonyl (C=O) groups is 1. The Morgan fingerprint density at radius 3 is 2.68 bits per heavy atom. The van der Waals surface area contributed by atoms with E-state index in [9.17, 15) is 4.79 Å². The third-order valence-electron chi connectivity index (χ3n) is 4.91. The predicted octanol–water partition coefficient (Wildman–Crippen LogP) is 5.20. The standard InChI is InChI=1S/C22H19Cl2N3O/c23-18-5-4-16(19(24)12-18)8-11-27-14-17-2-1-3-20(21(17)22(27)28)26-13-15-6-9-25-10-7-15/h1-7,9-10,12,26H,8,11,13-14H2. The first-order valence-electron chi connectivity index (χ1n) is 9.09. The van der Waals surface area contributed by atoms with E-state index < -0.39 is 0 Å². The summed E-state index contributed by atoms with van der Waals surface area (Å²) in [5.74, 6) is 0.0536. The van der Waals surface area contributed by atoms with Gasteiger partial charge in [0.1, 0.15) is 0 Å². The average molecular weight is 412 g/mol. The molecule has 1 amide bonds. The zero-order valence-corrected chi connectivity index (χ0v) is 16.7. The molecule has 0 fully saturated rings. The summed E-state index contributed by atoms with van der Waals surface area (Å²) in [5.41, 5.74) is 4.79. The number of aromatic nitrogens is 1. The summed E-state index contributed by atoms with van der Waals surface area (Å²) in [6.45, 7) is 1.87. The minimum Gasteiger partial charge on any atom is -0.380 e. The van der Waals surface area contributed by atoms with E-state index in [-0.39, 0.29) is 5.91 Å². The van der Waals surface area contributed by atoms with Gasteiger partial charge in [0, 0.05) is 47.8 Å². The highest BCUT2D eigenvalue weighted by Gasteiger charge is 2.29. The molecule has 1 aromatic heterocycles. The zero-order chi connectivity index (χ0) is 19.5. The Hall–Kier alpha value is -2.56. The lowest BCUT2D eigenvalue weighted by molar-refractivity contribution is 0.0781. The highest BCUT2D eigenvalue weighted by Crippen LogP contribution is 2.30. The van der Waals surface area contributed by atoms with Gasteiger partial charge in [-0.1, -0.05) is 41.4 Å². The third kappa shape index (κ3) is 3.98. The van der Waals surface area contributed by atoms with E-state index >= 15 is 0 Å². The summed E-state index contributed by atoms with van der Waals surface area (Å²) in [5, 5.41) is 4.64. The molecule has 2 heterocycles. The van der Waals surface area contributed by atoms with E-state index in [2.05, 4.69) is 10.3 Å². The summed E-state index contributed by atoms with van der Waals surface area (Å²) >= 11 is 12.2. The van der Waals surface area contributed by atoms with E-state index in [0.717, 1.165) is 27.9 Å². The largest absolute Gasteiger partial charge is 0.380 e. The Morgan fingerprint density at radius 1 is 1.07 bits per heavy atom. The van der Waals surface area contributed by atoms with Crippen LogP contribution in [0, 0.1) is 0 Å². The molecule has 0 unspecified atom stereocenters.